The Kier molecular flexibility index (Phi) is 3.06. The highest BCUT2D eigenvalue weighted by Gasteiger charge is 2.19. The first kappa shape index (κ1) is 11.3. The summed E-state index contributed by atoms with van der Waals surface area (Å²) in [6, 6.07) is 5.78. The van der Waals surface area contributed by atoms with Crippen LogP contribution in [0.5, 0.6) is 0 Å². The monoisotopic (exact) mass is 247 g/mol. The minimum Gasteiger partial charge on any atom is -0.382 e. The molecule has 1 saturated heterocycles. The molecule has 0 atom stereocenters. The quantitative estimate of drug-likeness (QED) is 0.777. The van der Waals surface area contributed by atoms with E-state index in [1.807, 2.05) is 23.1 Å². The van der Waals surface area contributed by atoms with E-state index in [0.717, 1.165) is 30.0 Å². The largest absolute Gasteiger partial charge is 0.382 e. The highest BCUT2D eigenvalue weighted by molar-refractivity contribution is 5.96. The molecule has 1 aromatic carbocycles. The van der Waals surface area contributed by atoms with Crippen molar-refractivity contribution in [1.29, 1.82) is 0 Å². The number of carbonyl (C=O) groups is 1. The smallest absolute Gasteiger partial charge is 0.254 e. The number of rotatable bonds is 1. The second kappa shape index (κ2) is 4.86. The van der Waals surface area contributed by atoms with E-state index in [1.54, 1.807) is 0 Å². The van der Waals surface area contributed by atoms with Crippen LogP contribution in [0.1, 0.15) is 10.4 Å². The van der Waals surface area contributed by atoms with Crippen molar-refractivity contribution in [2.45, 2.75) is 0 Å². The summed E-state index contributed by atoms with van der Waals surface area (Å²) in [4.78, 5) is 14.2. The summed E-state index contributed by atoms with van der Waals surface area (Å²) in [5, 5.41) is 6.60. The first-order valence-corrected chi connectivity index (χ1v) is 6.33. The lowest BCUT2D eigenvalue weighted by Crippen LogP contribution is -2.40. The third kappa shape index (κ3) is 2.13. The van der Waals surface area contributed by atoms with Crippen LogP contribution >= 0.6 is 0 Å². The maximum atomic E-state index is 12.3. The molecule has 0 aromatic heterocycles. The van der Waals surface area contributed by atoms with Crippen LogP contribution in [0, 0.1) is 0 Å². The van der Waals surface area contributed by atoms with E-state index < -0.39 is 0 Å². The molecule has 18 heavy (non-hydrogen) atoms. The lowest BCUT2D eigenvalue weighted by atomic mass is 10.1. The summed E-state index contributed by atoms with van der Waals surface area (Å²) >= 11 is 0. The van der Waals surface area contributed by atoms with Crippen molar-refractivity contribution >= 4 is 17.3 Å². The normalized spacial score (nSPS) is 18.6. The number of ether oxygens (including phenoxy) is 1. The molecule has 2 N–H and O–H groups in total. The van der Waals surface area contributed by atoms with Gasteiger partial charge < -0.3 is 20.3 Å². The van der Waals surface area contributed by atoms with E-state index >= 15 is 0 Å². The first-order chi connectivity index (χ1) is 8.84. The van der Waals surface area contributed by atoms with Crippen LogP contribution in [0.25, 0.3) is 0 Å². The van der Waals surface area contributed by atoms with Gasteiger partial charge in [0.25, 0.3) is 5.91 Å². The Labute approximate surface area is 106 Å². The van der Waals surface area contributed by atoms with Gasteiger partial charge in [-0.2, -0.15) is 0 Å². The van der Waals surface area contributed by atoms with Crippen LogP contribution in [-0.4, -0.2) is 50.2 Å². The molecular weight excluding hydrogens is 230 g/mol. The van der Waals surface area contributed by atoms with E-state index in [9.17, 15) is 4.79 Å². The number of anilines is 2. The van der Waals surface area contributed by atoms with Crippen LogP contribution in [0.2, 0.25) is 0 Å². The maximum Gasteiger partial charge on any atom is 0.254 e. The Morgan fingerprint density at radius 3 is 2.61 bits per heavy atom. The van der Waals surface area contributed by atoms with Gasteiger partial charge in [0.05, 0.1) is 24.6 Å². The Hall–Kier alpha value is -1.75. The van der Waals surface area contributed by atoms with Crippen LogP contribution in [-0.2, 0) is 4.74 Å². The van der Waals surface area contributed by atoms with Gasteiger partial charge in [-0.1, -0.05) is 0 Å². The highest BCUT2D eigenvalue weighted by Crippen LogP contribution is 2.26. The Morgan fingerprint density at radius 2 is 1.83 bits per heavy atom. The topological polar surface area (TPSA) is 53.6 Å². The van der Waals surface area contributed by atoms with Crippen molar-refractivity contribution in [2.75, 3.05) is 50.0 Å². The van der Waals surface area contributed by atoms with Crippen molar-refractivity contribution in [1.82, 2.24) is 4.90 Å². The summed E-state index contributed by atoms with van der Waals surface area (Å²) in [6.45, 7) is 4.45. The molecule has 3 rings (SSSR count). The van der Waals surface area contributed by atoms with E-state index in [0.29, 0.717) is 26.3 Å². The van der Waals surface area contributed by atoms with Gasteiger partial charge in [0, 0.05) is 31.7 Å². The SMILES string of the molecule is O=C(c1ccc2c(c1)NCCN2)N1CCOCC1. The molecule has 1 fully saturated rings. The van der Waals surface area contributed by atoms with Crippen LogP contribution < -0.4 is 10.6 Å². The second-order valence-electron chi connectivity index (χ2n) is 4.52. The number of amides is 1. The average molecular weight is 247 g/mol. The van der Waals surface area contributed by atoms with Crippen molar-refractivity contribution in [3.8, 4) is 0 Å². The van der Waals surface area contributed by atoms with Gasteiger partial charge in [-0.25, -0.2) is 0 Å². The molecule has 0 radical (unpaired) electrons. The average Bonchev–Trinajstić information content (AvgIpc) is 2.47. The van der Waals surface area contributed by atoms with Crippen molar-refractivity contribution in [3.05, 3.63) is 23.8 Å². The summed E-state index contributed by atoms with van der Waals surface area (Å²) in [5.74, 6) is 0.0912. The summed E-state index contributed by atoms with van der Waals surface area (Å²) < 4.78 is 5.26. The Balaban J connectivity index is 1.80. The molecule has 5 nitrogen and oxygen atoms in total. The molecule has 0 spiro atoms. The van der Waals surface area contributed by atoms with E-state index in [1.165, 1.54) is 0 Å². The molecule has 0 unspecified atom stereocenters. The van der Waals surface area contributed by atoms with Gasteiger partial charge in [0.1, 0.15) is 0 Å². The molecule has 96 valence electrons. The molecule has 2 heterocycles. The zero-order chi connectivity index (χ0) is 12.4. The molecule has 5 heteroatoms. The van der Waals surface area contributed by atoms with Gasteiger partial charge in [-0.3, -0.25) is 4.79 Å². The van der Waals surface area contributed by atoms with Gasteiger partial charge >= 0.3 is 0 Å². The predicted octanol–water partition coefficient (Wildman–Crippen LogP) is 0.996. The summed E-state index contributed by atoms with van der Waals surface area (Å²) in [5.41, 5.74) is 2.83. The lowest BCUT2D eigenvalue weighted by Gasteiger charge is -2.27. The van der Waals surface area contributed by atoms with Crippen molar-refractivity contribution in [3.63, 3.8) is 0 Å². The van der Waals surface area contributed by atoms with E-state index in [-0.39, 0.29) is 5.91 Å². The maximum absolute atomic E-state index is 12.3. The standard InChI is InChI=1S/C13H17N3O2/c17-13(16-5-7-18-8-6-16)10-1-2-11-12(9-10)15-4-3-14-11/h1-2,9,14-15H,3-8H2. The number of nitrogens with one attached hydrogen (secondary N) is 2. The third-order valence-corrected chi connectivity index (χ3v) is 3.32. The number of nitrogens with zero attached hydrogens (tertiary/aromatic N) is 1. The number of hydrogen-bond donors (Lipinski definition) is 2. The minimum atomic E-state index is 0.0912. The fourth-order valence-corrected chi connectivity index (χ4v) is 2.32. The van der Waals surface area contributed by atoms with Crippen LogP contribution in [0.3, 0.4) is 0 Å². The van der Waals surface area contributed by atoms with Gasteiger partial charge in [0.15, 0.2) is 0 Å². The van der Waals surface area contributed by atoms with Gasteiger partial charge in [-0.05, 0) is 18.2 Å². The molecule has 1 aromatic rings. The summed E-state index contributed by atoms with van der Waals surface area (Å²) in [6.07, 6.45) is 0. The van der Waals surface area contributed by atoms with Gasteiger partial charge in [0.2, 0.25) is 0 Å². The number of benzene rings is 1. The Morgan fingerprint density at radius 1 is 1.11 bits per heavy atom. The molecule has 2 aliphatic heterocycles. The fraction of sp³-hybridized carbons (Fsp3) is 0.462. The molecular formula is C13H17N3O2. The van der Waals surface area contributed by atoms with Crippen molar-refractivity contribution in [2.24, 2.45) is 0 Å². The molecule has 2 aliphatic rings. The van der Waals surface area contributed by atoms with E-state index in [2.05, 4.69) is 10.6 Å². The van der Waals surface area contributed by atoms with Crippen molar-refractivity contribution < 1.29 is 9.53 Å². The number of hydrogen-bond acceptors (Lipinski definition) is 4. The predicted molar refractivity (Wildman–Crippen MR) is 70.1 cm³/mol. The van der Waals surface area contributed by atoms with E-state index in [4.69, 9.17) is 4.74 Å². The van der Waals surface area contributed by atoms with Crippen LogP contribution in [0.4, 0.5) is 11.4 Å². The third-order valence-electron chi connectivity index (χ3n) is 3.32. The second-order valence-corrected chi connectivity index (χ2v) is 4.52. The number of fused-ring (bicyclic) bond motifs is 1. The Bertz CT molecular complexity index is 456. The zero-order valence-corrected chi connectivity index (χ0v) is 10.2. The molecule has 0 aliphatic carbocycles. The van der Waals surface area contributed by atoms with Crippen LogP contribution in [0.15, 0.2) is 18.2 Å². The molecule has 0 saturated carbocycles. The molecule has 1 amide bonds. The highest BCUT2D eigenvalue weighted by atomic mass is 16.5. The molecule has 0 bridgehead atoms. The lowest BCUT2D eigenvalue weighted by molar-refractivity contribution is 0.0303. The fourth-order valence-electron chi connectivity index (χ4n) is 2.32. The minimum absolute atomic E-state index is 0.0912. The number of morpholine rings is 1. The summed E-state index contributed by atoms with van der Waals surface area (Å²) in [7, 11) is 0. The zero-order valence-electron chi connectivity index (χ0n) is 10.2. The first-order valence-electron chi connectivity index (χ1n) is 6.33. The van der Waals surface area contributed by atoms with Gasteiger partial charge in [-0.15, -0.1) is 0 Å². The number of carbonyl (C=O) groups excluding carboxylic acids is 1.